The third-order valence-corrected chi connectivity index (χ3v) is 4.11. The summed E-state index contributed by atoms with van der Waals surface area (Å²) in [5.74, 6) is 1.24. The fraction of sp³-hybridized carbons (Fsp3) is 0.350. The highest BCUT2D eigenvalue weighted by Gasteiger charge is 2.14. The molecule has 0 radical (unpaired) electrons. The van der Waals surface area contributed by atoms with E-state index in [0.29, 0.717) is 43.5 Å². The van der Waals surface area contributed by atoms with Gasteiger partial charge in [-0.1, -0.05) is 29.8 Å². The van der Waals surface area contributed by atoms with Crippen molar-refractivity contribution in [3.63, 3.8) is 0 Å². The van der Waals surface area contributed by atoms with E-state index in [4.69, 9.17) is 21.1 Å². The van der Waals surface area contributed by atoms with Crippen LogP contribution in [0, 0.1) is 0 Å². The number of likely N-dealkylation sites (N-methyl/N-ethyl adjacent to an activating group) is 1. The van der Waals surface area contributed by atoms with Crippen LogP contribution in [-0.2, 0) is 11.3 Å². The lowest BCUT2D eigenvalue weighted by Crippen LogP contribution is -3.08. The third kappa shape index (κ3) is 5.93. The second-order valence-corrected chi connectivity index (χ2v) is 6.38. The van der Waals surface area contributed by atoms with E-state index < -0.39 is 0 Å². The molecule has 0 bridgehead atoms. The van der Waals surface area contributed by atoms with E-state index >= 15 is 0 Å². The first-order chi connectivity index (χ1) is 12.5. The van der Waals surface area contributed by atoms with E-state index in [1.165, 1.54) is 0 Å². The molecule has 2 N–H and O–H groups in total. The number of benzene rings is 2. The summed E-state index contributed by atoms with van der Waals surface area (Å²) >= 11 is 6.18. The van der Waals surface area contributed by atoms with Crippen LogP contribution < -0.4 is 19.7 Å². The number of carbonyl (C=O) groups is 1. The van der Waals surface area contributed by atoms with Crippen molar-refractivity contribution in [2.45, 2.75) is 20.4 Å². The summed E-state index contributed by atoms with van der Waals surface area (Å²) in [6, 6.07) is 13.1. The van der Waals surface area contributed by atoms with Gasteiger partial charge in [-0.05, 0) is 32.0 Å². The smallest absolute Gasteiger partial charge is 0.279 e. The minimum atomic E-state index is -0.0684. The number of rotatable bonds is 9. The molecule has 2 aromatic carbocycles. The van der Waals surface area contributed by atoms with Crippen LogP contribution in [0.4, 0.5) is 5.69 Å². The van der Waals surface area contributed by atoms with E-state index in [0.717, 1.165) is 15.5 Å². The van der Waals surface area contributed by atoms with E-state index in [9.17, 15) is 4.79 Å². The predicted octanol–water partition coefficient (Wildman–Crippen LogP) is 2.79. The quantitative estimate of drug-likeness (QED) is 0.706. The second kappa shape index (κ2) is 10.0. The summed E-state index contributed by atoms with van der Waals surface area (Å²) in [7, 11) is 1.96. The van der Waals surface area contributed by atoms with Gasteiger partial charge in [0.05, 0.1) is 20.3 Å². The molecular weight excluding hydrogens is 352 g/mol. The normalized spacial score (nSPS) is 11.7. The van der Waals surface area contributed by atoms with Gasteiger partial charge in [0.25, 0.3) is 5.91 Å². The molecule has 0 aliphatic heterocycles. The third-order valence-electron chi connectivity index (χ3n) is 3.74. The van der Waals surface area contributed by atoms with Crippen molar-refractivity contribution in [1.82, 2.24) is 0 Å². The Morgan fingerprint density at radius 2 is 1.77 bits per heavy atom. The van der Waals surface area contributed by atoms with Gasteiger partial charge in [0.1, 0.15) is 6.54 Å². The minimum Gasteiger partial charge on any atom is -0.490 e. The molecule has 0 fully saturated rings. The van der Waals surface area contributed by atoms with Crippen LogP contribution >= 0.6 is 11.6 Å². The zero-order valence-electron chi connectivity index (χ0n) is 15.5. The molecule has 5 nitrogen and oxygen atoms in total. The molecule has 1 amide bonds. The molecule has 2 rings (SSSR count). The van der Waals surface area contributed by atoms with Crippen LogP contribution in [-0.4, -0.2) is 32.7 Å². The lowest BCUT2D eigenvalue weighted by Gasteiger charge is -2.16. The molecule has 1 atom stereocenters. The first-order valence-electron chi connectivity index (χ1n) is 8.77. The van der Waals surface area contributed by atoms with Gasteiger partial charge in [0.2, 0.25) is 0 Å². The average molecular weight is 378 g/mol. The fourth-order valence-corrected chi connectivity index (χ4v) is 2.84. The van der Waals surface area contributed by atoms with Crippen LogP contribution in [0.25, 0.3) is 0 Å². The Kier molecular flexibility index (Phi) is 7.75. The van der Waals surface area contributed by atoms with Gasteiger partial charge < -0.3 is 19.7 Å². The molecule has 0 heterocycles. The number of carbonyl (C=O) groups excluding carboxylic acids is 1. The summed E-state index contributed by atoms with van der Waals surface area (Å²) < 4.78 is 11.1. The number of nitrogens with one attached hydrogen (secondary N) is 2. The Morgan fingerprint density at radius 1 is 1.08 bits per heavy atom. The zero-order valence-corrected chi connectivity index (χ0v) is 16.2. The van der Waals surface area contributed by atoms with Crippen LogP contribution in [0.15, 0.2) is 42.5 Å². The van der Waals surface area contributed by atoms with Crippen LogP contribution in [0.5, 0.6) is 11.5 Å². The molecule has 1 unspecified atom stereocenters. The molecule has 0 aliphatic rings. The Balaban J connectivity index is 1.96. The summed E-state index contributed by atoms with van der Waals surface area (Å²) in [6.07, 6.45) is 0. The van der Waals surface area contributed by atoms with Gasteiger partial charge in [-0.15, -0.1) is 0 Å². The standard InChI is InChI=1S/C20H25ClN2O3/c1-4-25-18-11-10-16(12-19(18)26-5-2)22-20(24)14-23(3)13-15-8-6-7-9-17(15)21/h6-12H,4-5,13-14H2,1-3H3,(H,22,24)/p+1. The molecule has 0 spiro atoms. The monoisotopic (exact) mass is 377 g/mol. The maximum atomic E-state index is 12.3. The summed E-state index contributed by atoms with van der Waals surface area (Å²) in [5.41, 5.74) is 1.71. The van der Waals surface area contributed by atoms with Gasteiger partial charge >= 0.3 is 0 Å². The van der Waals surface area contributed by atoms with Crippen LogP contribution in [0.2, 0.25) is 5.02 Å². The zero-order chi connectivity index (χ0) is 18.9. The summed E-state index contributed by atoms with van der Waals surface area (Å²) in [4.78, 5) is 13.4. The number of hydrogen-bond donors (Lipinski definition) is 2. The van der Waals surface area contributed by atoms with Crippen molar-refractivity contribution in [2.24, 2.45) is 0 Å². The lowest BCUT2D eigenvalue weighted by atomic mass is 10.2. The van der Waals surface area contributed by atoms with Gasteiger partial charge in [-0.3, -0.25) is 4.79 Å². The Bertz CT molecular complexity index is 737. The highest BCUT2D eigenvalue weighted by molar-refractivity contribution is 6.31. The maximum absolute atomic E-state index is 12.3. The average Bonchev–Trinajstić information content (AvgIpc) is 2.59. The first kappa shape index (κ1) is 20.1. The van der Waals surface area contributed by atoms with Gasteiger partial charge in [-0.25, -0.2) is 0 Å². The van der Waals surface area contributed by atoms with Crippen LogP contribution in [0.1, 0.15) is 19.4 Å². The van der Waals surface area contributed by atoms with Crippen molar-refractivity contribution >= 4 is 23.2 Å². The van der Waals surface area contributed by atoms with Gasteiger partial charge in [-0.2, -0.15) is 0 Å². The molecular formula is C20H26ClN2O3+. The number of halogens is 1. The SMILES string of the molecule is CCOc1ccc(NC(=O)C[NH+](C)Cc2ccccc2Cl)cc1OCC. The van der Waals surface area contributed by atoms with Crippen LogP contribution in [0.3, 0.4) is 0 Å². The highest BCUT2D eigenvalue weighted by atomic mass is 35.5. The molecule has 0 saturated heterocycles. The highest BCUT2D eigenvalue weighted by Crippen LogP contribution is 2.30. The van der Waals surface area contributed by atoms with Crippen molar-refractivity contribution in [3.8, 4) is 11.5 Å². The van der Waals surface area contributed by atoms with Crippen molar-refractivity contribution in [3.05, 3.63) is 53.1 Å². The Labute approximate surface area is 159 Å². The fourth-order valence-electron chi connectivity index (χ4n) is 2.64. The summed E-state index contributed by atoms with van der Waals surface area (Å²) in [5, 5.41) is 3.64. The minimum absolute atomic E-state index is 0.0684. The largest absolute Gasteiger partial charge is 0.490 e. The number of quaternary nitrogens is 1. The molecule has 0 aromatic heterocycles. The number of amides is 1. The number of ether oxygens (including phenoxy) is 2. The van der Waals surface area contributed by atoms with Crippen molar-refractivity contribution < 1.29 is 19.2 Å². The predicted molar refractivity (Wildman–Crippen MR) is 104 cm³/mol. The molecule has 140 valence electrons. The number of anilines is 1. The molecule has 6 heteroatoms. The maximum Gasteiger partial charge on any atom is 0.279 e. The lowest BCUT2D eigenvalue weighted by molar-refractivity contribution is -0.885. The summed E-state index contributed by atoms with van der Waals surface area (Å²) in [6.45, 7) is 5.93. The van der Waals surface area contributed by atoms with Gasteiger partial charge in [0.15, 0.2) is 18.0 Å². The molecule has 0 aliphatic carbocycles. The first-order valence-corrected chi connectivity index (χ1v) is 9.15. The van der Waals surface area contributed by atoms with Crippen molar-refractivity contribution in [1.29, 1.82) is 0 Å². The van der Waals surface area contributed by atoms with Gasteiger partial charge in [0, 0.05) is 22.3 Å². The topological polar surface area (TPSA) is 52.0 Å². The number of hydrogen-bond acceptors (Lipinski definition) is 3. The van der Waals surface area contributed by atoms with E-state index in [1.54, 1.807) is 6.07 Å². The molecule has 0 saturated carbocycles. The Hall–Kier alpha value is -2.24. The van der Waals surface area contributed by atoms with E-state index in [-0.39, 0.29) is 5.91 Å². The van der Waals surface area contributed by atoms with Crippen molar-refractivity contribution in [2.75, 3.05) is 32.1 Å². The second-order valence-electron chi connectivity index (χ2n) is 5.98. The Morgan fingerprint density at radius 3 is 2.46 bits per heavy atom. The molecule has 26 heavy (non-hydrogen) atoms. The molecule has 2 aromatic rings. The van der Waals surface area contributed by atoms with E-state index in [2.05, 4.69) is 5.32 Å². The van der Waals surface area contributed by atoms with E-state index in [1.807, 2.05) is 57.3 Å².